The lowest BCUT2D eigenvalue weighted by molar-refractivity contribution is -0.152. The van der Waals surface area contributed by atoms with E-state index in [1.54, 1.807) is 0 Å². The first kappa shape index (κ1) is 16.7. The maximum absolute atomic E-state index is 11.1. The van der Waals surface area contributed by atoms with Crippen LogP contribution in [-0.2, 0) is 19.1 Å². The van der Waals surface area contributed by atoms with Crippen LogP contribution in [-0.4, -0.2) is 18.5 Å². The molecule has 0 saturated carbocycles. The summed E-state index contributed by atoms with van der Waals surface area (Å²) in [5, 5.41) is 0. The fourth-order valence-corrected chi connectivity index (χ4v) is 2.21. The van der Waals surface area contributed by atoms with Crippen LogP contribution in [0.1, 0.15) is 71.1 Å². The van der Waals surface area contributed by atoms with Crippen LogP contribution < -0.4 is 0 Å². The first-order valence-electron chi connectivity index (χ1n) is 7.84. The van der Waals surface area contributed by atoms with Gasteiger partial charge in [0.15, 0.2) is 0 Å². The largest absolute Gasteiger partial charge is 0.486 e. The molecule has 4 heteroatoms. The molecular weight excluding hydrogens is 256 g/mol. The smallest absolute Gasteiger partial charge is 0.381 e. The van der Waals surface area contributed by atoms with Gasteiger partial charge in [0.1, 0.15) is 0 Å². The van der Waals surface area contributed by atoms with Gasteiger partial charge in [-0.15, -0.1) is 0 Å². The predicted molar refractivity (Wildman–Crippen MR) is 77.0 cm³/mol. The van der Waals surface area contributed by atoms with E-state index >= 15 is 0 Å². The number of ether oxygens (including phenoxy) is 2. The quantitative estimate of drug-likeness (QED) is 0.309. The van der Waals surface area contributed by atoms with Gasteiger partial charge in [0, 0.05) is 0 Å². The number of hydrogen-bond acceptors (Lipinski definition) is 4. The second-order valence-corrected chi connectivity index (χ2v) is 5.25. The molecule has 0 saturated heterocycles. The monoisotopic (exact) mass is 282 g/mol. The van der Waals surface area contributed by atoms with Crippen molar-refractivity contribution >= 4 is 11.9 Å². The SMILES string of the molecule is CCCCCCCCCCCCOC1=CC(=O)OC1=O. The van der Waals surface area contributed by atoms with E-state index in [-0.39, 0.29) is 5.76 Å². The molecule has 0 atom stereocenters. The molecule has 20 heavy (non-hydrogen) atoms. The number of rotatable bonds is 12. The zero-order valence-electron chi connectivity index (χ0n) is 12.5. The van der Waals surface area contributed by atoms with E-state index in [1.165, 1.54) is 51.4 Å². The normalized spacial score (nSPS) is 14.3. The van der Waals surface area contributed by atoms with Crippen molar-refractivity contribution in [1.29, 1.82) is 0 Å². The molecule has 4 nitrogen and oxygen atoms in total. The van der Waals surface area contributed by atoms with Gasteiger partial charge in [-0.1, -0.05) is 64.7 Å². The molecule has 0 aromatic heterocycles. The molecule has 0 amide bonds. The fourth-order valence-electron chi connectivity index (χ4n) is 2.21. The van der Waals surface area contributed by atoms with Gasteiger partial charge in [-0.25, -0.2) is 9.59 Å². The van der Waals surface area contributed by atoms with Crippen molar-refractivity contribution in [1.82, 2.24) is 0 Å². The third kappa shape index (κ3) is 7.31. The molecular formula is C16H26O4. The highest BCUT2D eigenvalue weighted by atomic mass is 16.6. The van der Waals surface area contributed by atoms with Crippen LogP contribution in [0.25, 0.3) is 0 Å². The van der Waals surface area contributed by atoms with E-state index < -0.39 is 11.9 Å². The topological polar surface area (TPSA) is 52.6 Å². The summed E-state index contributed by atoms with van der Waals surface area (Å²) in [5.74, 6) is -1.25. The van der Waals surface area contributed by atoms with Gasteiger partial charge >= 0.3 is 11.9 Å². The van der Waals surface area contributed by atoms with Gasteiger partial charge in [-0.05, 0) is 6.42 Å². The summed E-state index contributed by atoms with van der Waals surface area (Å²) >= 11 is 0. The molecule has 0 unspecified atom stereocenters. The number of esters is 2. The molecule has 1 aliphatic rings. The number of unbranched alkanes of at least 4 members (excludes halogenated alkanes) is 9. The molecule has 0 spiro atoms. The Labute approximate surface area is 121 Å². The minimum Gasteiger partial charge on any atom is -0.486 e. The van der Waals surface area contributed by atoms with Crippen LogP contribution in [0, 0.1) is 0 Å². The van der Waals surface area contributed by atoms with Gasteiger partial charge in [0.2, 0.25) is 5.76 Å². The molecule has 0 radical (unpaired) electrons. The summed E-state index contributed by atoms with van der Waals surface area (Å²) in [6, 6.07) is 0. The third-order valence-corrected chi connectivity index (χ3v) is 3.40. The molecule has 1 rings (SSSR count). The Hall–Kier alpha value is -1.32. The summed E-state index contributed by atoms with van der Waals surface area (Å²) in [7, 11) is 0. The Bertz CT molecular complexity index is 333. The zero-order chi connectivity index (χ0) is 14.6. The molecule has 0 aliphatic carbocycles. The highest BCUT2D eigenvalue weighted by Crippen LogP contribution is 2.12. The molecule has 0 aromatic rings. The molecule has 0 N–H and O–H groups in total. The Balaban J connectivity index is 1.85. The maximum atomic E-state index is 11.1. The molecule has 0 aromatic carbocycles. The van der Waals surface area contributed by atoms with Crippen molar-refractivity contribution in [2.45, 2.75) is 71.1 Å². The van der Waals surface area contributed by atoms with Crippen LogP contribution in [0.3, 0.4) is 0 Å². The Morgan fingerprint density at radius 2 is 1.45 bits per heavy atom. The Morgan fingerprint density at radius 1 is 0.900 bits per heavy atom. The van der Waals surface area contributed by atoms with Crippen molar-refractivity contribution in [3.8, 4) is 0 Å². The average Bonchev–Trinajstić information content (AvgIpc) is 2.74. The second-order valence-electron chi connectivity index (χ2n) is 5.25. The van der Waals surface area contributed by atoms with Gasteiger partial charge < -0.3 is 9.47 Å². The number of cyclic esters (lactones) is 2. The number of carbonyl (C=O) groups is 2. The standard InChI is InChI=1S/C16H26O4/c1-2-3-4-5-6-7-8-9-10-11-12-19-14-13-15(17)20-16(14)18/h13H,2-12H2,1H3. The first-order valence-corrected chi connectivity index (χ1v) is 7.84. The van der Waals surface area contributed by atoms with E-state index in [2.05, 4.69) is 11.7 Å². The van der Waals surface area contributed by atoms with Crippen molar-refractivity contribution < 1.29 is 19.1 Å². The fraction of sp³-hybridized carbons (Fsp3) is 0.750. The van der Waals surface area contributed by atoms with Gasteiger partial charge in [0.25, 0.3) is 0 Å². The summed E-state index contributed by atoms with van der Waals surface area (Å²) < 4.78 is 9.55. The van der Waals surface area contributed by atoms with Gasteiger partial charge in [-0.3, -0.25) is 0 Å². The summed E-state index contributed by atoms with van der Waals surface area (Å²) in [6.45, 7) is 2.71. The number of hydrogen-bond donors (Lipinski definition) is 0. The maximum Gasteiger partial charge on any atom is 0.381 e. The minimum absolute atomic E-state index is 0.0472. The van der Waals surface area contributed by atoms with Crippen LogP contribution in [0.4, 0.5) is 0 Å². The Morgan fingerprint density at radius 3 is 1.95 bits per heavy atom. The highest BCUT2D eigenvalue weighted by Gasteiger charge is 2.24. The van der Waals surface area contributed by atoms with Crippen LogP contribution in [0.15, 0.2) is 11.8 Å². The molecule has 1 aliphatic heterocycles. The van der Waals surface area contributed by atoms with Crippen LogP contribution in [0.5, 0.6) is 0 Å². The molecule has 0 fully saturated rings. The van der Waals surface area contributed by atoms with Gasteiger partial charge in [0.05, 0.1) is 12.7 Å². The summed E-state index contributed by atoms with van der Waals surface area (Å²) in [5.41, 5.74) is 0. The Kier molecular flexibility index (Phi) is 8.76. The zero-order valence-corrected chi connectivity index (χ0v) is 12.5. The van der Waals surface area contributed by atoms with Gasteiger partial charge in [-0.2, -0.15) is 0 Å². The van der Waals surface area contributed by atoms with E-state index in [9.17, 15) is 9.59 Å². The highest BCUT2D eigenvalue weighted by molar-refractivity contribution is 6.07. The molecule has 0 bridgehead atoms. The number of carbonyl (C=O) groups excluding carboxylic acids is 2. The van der Waals surface area contributed by atoms with E-state index in [4.69, 9.17) is 4.74 Å². The minimum atomic E-state index is -0.665. The van der Waals surface area contributed by atoms with E-state index in [0.29, 0.717) is 6.61 Å². The molecule has 114 valence electrons. The summed E-state index contributed by atoms with van der Waals surface area (Å²) in [6.07, 6.45) is 13.7. The van der Waals surface area contributed by atoms with Crippen molar-refractivity contribution in [2.75, 3.05) is 6.61 Å². The second kappa shape index (κ2) is 10.5. The average molecular weight is 282 g/mol. The summed E-state index contributed by atoms with van der Waals surface area (Å²) in [4.78, 5) is 21.8. The first-order chi connectivity index (χ1) is 9.74. The van der Waals surface area contributed by atoms with Crippen LogP contribution >= 0.6 is 0 Å². The predicted octanol–water partition coefficient (Wildman–Crippen LogP) is 3.89. The lowest BCUT2D eigenvalue weighted by Crippen LogP contribution is -2.05. The van der Waals surface area contributed by atoms with E-state index in [1.807, 2.05) is 0 Å². The van der Waals surface area contributed by atoms with Crippen molar-refractivity contribution in [3.63, 3.8) is 0 Å². The lowest BCUT2D eigenvalue weighted by Gasteiger charge is -2.04. The van der Waals surface area contributed by atoms with Crippen LogP contribution in [0.2, 0.25) is 0 Å². The molecule has 1 heterocycles. The third-order valence-electron chi connectivity index (χ3n) is 3.40. The van der Waals surface area contributed by atoms with Crippen molar-refractivity contribution in [3.05, 3.63) is 11.8 Å². The van der Waals surface area contributed by atoms with E-state index in [0.717, 1.165) is 18.9 Å². The lowest BCUT2D eigenvalue weighted by atomic mass is 10.1. The van der Waals surface area contributed by atoms with Crippen molar-refractivity contribution in [2.24, 2.45) is 0 Å².